The Morgan fingerprint density at radius 3 is 2.60 bits per heavy atom. The first-order valence-corrected chi connectivity index (χ1v) is 7.20. The lowest BCUT2D eigenvalue weighted by molar-refractivity contribution is 0.199. The van der Waals surface area contributed by atoms with Crippen LogP contribution in [0.3, 0.4) is 0 Å². The smallest absolute Gasteiger partial charge is 0.128 e. The SMILES string of the molecule is CC(O)c1cc(Br)ccc1N(C)Cc1ccccc1F. The zero-order valence-electron chi connectivity index (χ0n) is 11.5. The molecule has 0 aliphatic carbocycles. The Morgan fingerprint density at radius 1 is 1.25 bits per heavy atom. The van der Waals surface area contributed by atoms with Crippen molar-refractivity contribution in [3.8, 4) is 0 Å². The van der Waals surface area contributed by atoms with Crippen LogP contribution in [-0.2, 0) is 6.54 Å². The van der Waals surface area contributed by atoms with Crippen molar-refractivity contribution in [1.82, 2.24) is 0 Å². The zero-order chi connectivity index (χ0) is 14.7. The Hall–Kier alpha value is -1.39. The second-order valence-electron chi connectivity index (χ2n) is 4.83. The number of nitrogens with zero attached hydrogens (tertiary/aromatic N) is 1. The molecular weight excluding hydrogens is 321 g/mol. The van der Waals surface area contributed by atoms with Gasteiger partial charge in [-0.3, -0.25) is 0 Å². The summed E-state index contributed by atoms with van der Waals surface area (Å²) in [5.41, 5.74) is 2.35. The molecule has 0 heterocycles. The van der Waals surface area contributed by atoms with Gasteiger partial charge in [0.15, 0.2) is 0 Å². The van der Waals surface area contributed by atoms with Crippen LogP contribution in [-0.4, -0.2) is 12.2 Å². The fraction of sp³-hybridized carbons (Fsp3) is 0.250. The van der Waals surface area contributed by atoms with Gasteiger partial charge >= 0.3 is 0 Å². The van der Waals surface area contributed by atoms with E-state index in [9.17, 15) is 9.50 Å². The van der Waals surface area contributed by atoms with Gasteiger partial charge in [-0.25, -0.2) is 4.39 Å². The van der Waals surface area contributed by atoms with E-state index in [1.807, 2.05) is 36.2 Å². The average Bonchev–Trinajstić information content (AvgIpc) is 2.41. The summed E-state index contributed by atoms with van der Waals surface area (Å²) >= 11 is 3.40. The summed E-state index contributed by atoms with van der Waals surface area (Å²) in [5.74, 6) is -0.213. The lowest BCUT2D eigenvalue weighted by atomic mass is 10.1. The van der Waals surface area contributed by atoms with E-state index < -0.39 is 6.10 Å². The first kappa shape index (κ1) is 15.0. The highest BCUT2D eigenvalue weighted by Crippen LogP contribution is 2.29. The fourth-order valence-electron chi connectivity index (χ4n) is 2.17. The lowest BCUT2D eigenvalue weighted by Crippen LogP contribution is -2.19. The van der Waals surface area contributed by atoms with Gasteiger partial charge in [0, 0.05) is 34.9 Å². The zero-order valence-corrected chi connectivity index (χ0v) is 13.1. The van der Waals surface area contributed by atoms with Crippen molar-refractivity contribution in [2.75, 3.05) is 11.9 Å². The Kier molecular flexibility index (Phi) is 4.78. The third kappa shape index (κ3) is 3.38. The molecule has 2 nitrogen and oxygen atoms in total. The average molecular weight is 338 g/mol. The van der Waals surface area contributed by atoms with Gasteiger partial charge in [0.1, 0.15) is 5.82 Å². The highest BCUT2D eigenvalue weighted by atomic mass is 79.9. The van der Waals surface area contributed by atoms with Crippen molar-refractivity contribution in [3.63, 3.8) is 0 Å². The Morgan fingerprint density at radius 2 is 1.95 bits per heavy atom. The lowest BCUT2D eigenvalue weighted by Gasteiger charge is -2.24. The highest BCUT2D eigenvalue weighted by Gasteiger charge is 2.13. The van der Waals surface area contributed by atoms with E-state index in [1.165, 1.54) is 6.07 Å². The molecule has 0 aromatic heterocycles. The van der Waals surface area contributed by atoms with E-state index in [0.29, 0.717) is 12.1 Å². The summed E-state index contributed by atoms with van der Waals surface area (Å²) < 4.78 is 14.6. The largest absolute Gasteiger partial charge is 0.389 e. The number of rotatable bonds is 4. The molecule has 0 spiro atoms. The second kappa shape index (κ2) is 6.37. The number of halogens is 2. The van der Waals surface area contributed by atoms with E-state index in [2.05, 4.69) is 15.9 Å². The molecule has 0 saturated carbocycles. The summed E-state index contributed by atoms with van der Waals surface area (Å²) in [7, 11) is 1.89. The molecule has 0 aliphatic heterocycles. The minimum atomic E-state index is -0.578. The standard InChI is InChI=1S/C16H17BrFNO/c1-11(20)14-9-13(17)7-8-16(14)19(2)10-12-5-3-4-6-15(12)18/h3-9,11,20H,10H2,1-2H3. The second-order valence-corrected chi connectivity index (χ2v) is 5.74. The van der Waals surface area contributed by atoms with Gasteiger partial charge in [-0.2, -0.15) is 0 Å². The van der Waals surface area contributed by atoms with E-state index in [-0.39, 0.29) is 5.82 Å². The fourth-order valence-corrected chi connectivity index (χ4v) is 2.55. The highest BCUT2D eigenvalue weighted by molar-refractivity contribution is 9.10. The third-order valence-electron chi connectivity index (χ3n) is 3.22. The molecule has 0 bridgehead atoms. The minimum absolute atomic E-state index is 0.213. The van der Waals surface area contributed by atoms with Gasteiger partial charge in [-0.15, -0.1) is 0 Å². The van der Waals surface area contributed by atoms with Crippen molar-refractivity contribution in [2.45, 2.75) is 19.6 Å². The van der Waals surface area contributed by atoms with Gasteiger partial charge < -0.3 is 10.0 Å². The minimum Gasteiger partial charge on any atom is -0.389 e. The molecule has 2 aromatic carbocycles. The molecule has 2 aromatic rings. The van der Waals surface area contributed by atoms with E-state index in [1.54, 1.807) is 19.1 Å². The molecule has 0 radical (unpaired) electrons. The van der Waals surface area contributed by atoms with Crippen LogP contribution in [0.1, 0.15) is 24.2 Å². The van der Waals surface area contributed by atoms with Gasteiger partial charge in [0.25, 0.3) is 0 Å². The Bertz CT molecular complexity index is 601. The van der Waals surface area contributed by atoms with Crippen molar-refractivity contribution >= 4 is 21.6 Å². The molecule has 20 heavy (non-hydrogen) atoms. The number of aliphatic hydroxyl groups is 1. The summed E-state index contributed by atoms with van der Waals surface area (Å²) in [4.78, 5) is 1.94. The molecular formula is C16H17BrFNO. The third-order valence-corrected chi connectivity index (χ3v) is 3.71. The predicted molar refractivity (Wildman–Crippen MR) is 83.3 cm³/mol. The predicted octanol–water partition coefficient (Wildman–Crippen LogP) is 4.28. The molecule has 1 N–H and O–H groups in total. The first-order valence-electron chi connectivity index (χ1n) is 6.41. The van der Waals surface area contributed by atoms with Crippen LogP contribution in [0.15, 0.2) is 46.9 Å². The van der Waals surface area contributed by atoms with Crippen molar-refractivity contribution in [2.24, 2.45) is 0 Å². The van der Waals surface area contributed by atoms with Crippen LogP contribution >= 0.6 is 15.9 Å². The molecule has 106 valence electrons. The molecule has 4 heteroatoms. The first-order chi connectivity index (χ1) is 9.49. The summed E-state index contributed by atoms with van der Waals surface area (Å²) in [6.45, 7) is 2.18. The van der Waals surface area contributed by atoms with Gasteiger partial charge in [0.05, 0.1) is 6.10 Å². The van der Waals surface area contributed by atoms with Gasteiger partial charge in [0.2, 0.25) is 0 Å². The Balaban J connectivity index is 2.30. The molecule has 1 atom stereocenters. The molecule has 0 saturated heterocycles. The number of hydrogen-bond donors (Lipinski definition) is 1. The monoisotopic (exact) mass is 337 g/mol. The number of benzene rings is 2. The van der Waals surface area contributed by atoms with Crippen molar-refractivity contribution in [3.05, 3.63) is 63.9 Å². The quantitative estimate of drug-likeness (QED) is 0.900. The summed E-state index contributed by atoms with van der Waals surface area (Å²) in [6.07, 6.45) is -0.578. The normalized spacial score (nSPS) is 12.2. The summed E-state index contributed by atoms with van der Waals surface area (Å²) in [5, 5.41) is 9.88. The van der Waals surface area contributed by atoms with E-state index >= 15 is 0 Å². The summed E-state index contributed by atoms with van der Waals surface area (Å²) in [6, 6.07) is 12.5. The topological polar surface area (TPSA) is 23.5 Å². The molecule has 0 fully saturated rings. The molecule has 0 aliphatic rings. The molecule has 1 unspecified atom stereocenters. The van der Waals surface area contributed by atoms with Crippen LogP contribution in [0.5, 0.6) is 0 Å². The van der Waals surface area contributed by atoms with Crippen molar-refractivity contribution < 1.29 is 9.50 Å². The van der Waals surface area contributed by atoms with Crippen LogP contribution < -0.4 is 4.90 Å². The molecule has 0 amide bonds. The van der Waals surface area contributed by atoms with Crippen LogP contribution in [0.25, 0.3) is 0 Å². The van der Waals surface area contributed by atoms with Crippen LogP contribution in [0, 0.1) is 5.82 Å². The van der Waals surface area contributed by atoms with E-state index in [0.717, 1.165) is 15.7 Å². The van der Waals surface area contributed by atoms with E-state index in [4.69, 9.17) is 0 Å². The maximum Gasteiger partial charge on any atom is 0.128 e. The number of anilines is 1. The van der Waals surface area contributed by atoms with Crippen molar-refractivity contribution in [1.29, 1.82) is 0 Å². The number of hydrogen-bond acceptors (Lipinski definition) is 2. The van der Waals surface area contributed by atoms with Gasteiger partial charge in [-0.1, -0.05) is 34.1 Å². The Labute approximate surface area is 127 Å². The van der Waals surface area contributed by atoms with Crippen LogP contribution in [0.2, 0.25) is 0 Å². The maximum atomic E-state index is 13.7. The van der Waals surface area contributed by atoms with Crippen LogP contribution in [0.4, 0.5) is 10.1 Å². The maximum absolute atomic E-state index is 13.7. The van der Waals surface area contributed by atoms with Gasteiger partial charge in [-0.05, 0) is 31.2 Å². The number of aliphatic hydroxyl groups excluding tert-OH is 1. The molecule has 2 rings (SSSR count).